The third kappa shape index (κ3) is 4.48. The average Bonchev–Trinajstić information content (AvgIpc) is 3.31. The van der Waals surface area contributed by atoms with Crippen molar-refractivity contribution < 1.29 is 27.1 Å². The highest BCUT2D eigenvalue weighted by molar-refractivity contribution is 7.91. The van der Waals surface area contributed by atoms with Crippen LogP contribution in [0, 0.1) is 0 Å². The summed E-state index contributed by atoms with van der Waals surface area (Å²) < 4.78 is 42.1. The Morgan fingerprint density at radius 1 is 1.20 bits per heavy atom. The highest BCUT2D eigenvalue weighted by Crippen LogP contribution is 2.41. The number of hydrogen-bond donors (Lipinski definition) is 0. The van der Waals surface area contributed by atoms with Crippen molar-refractivity contribution in [3.63, 3.8) is 0 Å². The molecule has 0 N–H and O–H groups in total. The quantitative estimate of drug-likeness (QED) is 0.696. The molecule has 2 aliphatic rings. The Kier molecular flexibility index (Phi) is 5.53. The number of carbonyl (C=O) groups is 1. The van der Waals surface area contributed by atoms with Crippen molar-refractivity contribution in [2.45, 2.75) is 49.7 Å². The molecule has 4 rings (SSSR count). The second-order valence-electron chi connectivity index (χ2n) is 8.54. The third-order valence-corrected chi connectivity index (χ3v) is 7.81. The second kappa shape index (κ2) is 7.98. The summed E-state index contributed by atoms with van der Waals surface area (Å²) >= 11 is 0. The standard InChI is InChI=1S/C22H27NO6S/c1-22(2)13-16-5-3-7-19(21(16)29-22)28-14-20(24)23-10-8-18(9-11-23)30(25,26)15-17-6-4-12-27-17/h3-7,12,18H,8-11,13-15H2,1-2H3. The van der Waals surface area contributed by atoms with Crippen molar-refractivity contribution in [2.75, 3.05) is 19.7 Å². The maximum atomic E-state index is 12.6. The molecule has 0 spiro atoms. The van der Waals surface area contributed by atoms with Gasteiger partial charge in [-0.25, -0.2) is 8.42 Å². The number of likely N-dealkylation sites (tertiary alicyclic amines) is 1. The molecule has 1 amide bonds. The van der Waals surface area contributed by atoms with Gasteiger partial charge in [-0.15, -0.1) is 0 Å². The summed E-state index contributed by atoms with van der Waals surface area (Å²) in [5.74, 6) is 1.48. The first-order chi connectivity index (χ1) is 14.2. The van der Waals surface area contributed by atoms with E-state index >= 15 is 0 Å². The number of ether oxygens (including phenoxy) is 2. The van der Waals surface area contributed by atoms with Crippen molar-refractivity contribution in [3.05, 3.63) is 47.9 Å². The molecule has 1 fully saturated rings. The van der Waals surface area contributed by atoms with Crippen molar-refractivity contribution >= 4 is 15.7 Å². The Labute approximate surface area is 176 Å². The molecule has 1 saturated heterocycles. The Morgan fingerprint density at radius 2 is 1.97 bits per heavy atom. The zero-order chi connectivity index (χ0) is 21.4. The van der Waals surface area contributed by atoms with Crippen LogP contribution in [0.1, 0.15) is 38.0 Å². The Bertz CT molecular complexity index is 1000. The van der Waals surface area contributed by atoms with E-state index in [4.69, 9.17) is 13.9 Å². The number of hydrogen-bond acceptors (Lipinski definition) is 6. The lowest BCUT2D eigenvalue weighted by Crippen LogP contribution is -2.44. The van der Waals surface area contributed by atoms with Crippen LogP contribution < -0.4 is 9.47 Å². The van der Waals surface area contributed by atoms with Crippen LogP contribution in [0.15, 0.2) is 41.0 Å². The summed E-state index contributed by atoms with van der Waals surface area (Å²) in [5, 5.41) is -0.458. The zero-order valence-corrected chi connectivity index (χ0v) is 18.1. The molecule has 2 aliphatic heterocycles. The molecule has 0 unspecified atom stereocenters. The van der Waals surface area contributed by atoms with Crippen LogP contribution in [0.25, 0.3) is 0 Å². The third-order valence-electron chi connectivity index (χ3n) is 5.63. The Morgan fingerprint density at radius 3 is 2.67 bits per heavy atom. The number of amides is 1. The van der Waals surface area contributed by atoms with Crippen LogP contribution in [-0.2, 0) is 26.8 Å². The number of carbonyl (C=O) groups excluding carboxylic acids is 1. The molecular formula is C22H27NO6S. The Hall–Kier alpha value is -2.48. The summed E-state index contributed by atoms with van der Waals surface area (Å²) in [6, 6.07) is 9.06. The minimum atomic E-state index is -3.31. The fourth-order valence-corrected chi connectivity index (χ4v) is 5.83. The molecule has 3 heterocycles. The molecule has 8 heteroatoms. The van der Waals surface area contributed by atoms with Gasteiger partial charge in [-0.05, 0) is 44.9 Å². The van der Waals surface area contributed by atoms with Crippen molar-refractivity contribution in [2.24, 2.45) is 0 Å². The van der Waals surface area contributed by atoms with Gasteiger partial charge in [0.05, 0.1) is 11.5 Å². The van der Waals surface area contributed by atoms with Crippen LogP contribution in [0.2, 0.25) is 0 Å². The van der Waals surface area contributed by atoms with Gasteiger partial charge < -0.3 is 18.8 Å². The van der Waals surface area contributed by atoms with E-state index in [2.05, 4.69) is 0 Å². The van der Waals surface area contributed by atoms with Crippen LogP contribution in [-0.4, -0.2) is 49.8 Å². The van der Waals surface area contributed by atoms with E-state index < -0.39 is 15.1 Å². The minimum absolute atomic E-state index is 0.0932. The average molecular weight is 434 g/mol. The van der Waals surface area contributed by atoms with Crippen LogP contribution in [0.4, 0.5) is 0 Å². The van der Waals surface area contributed by atoms with E-state index in [0.717, 1.165) is 12.0 Å². The van der Waals surface area contributed by atoms with Gasteiger partial charge in [0.15, 0.2) is 27.9 Å². The fourth-order valence-electron chi connectivity index (χ4n) is 4.11. The van der Waals surface area contributed by atoms with Gasteiger partial charge in [0.2, 0.25) is 0 Å². The largest absolute Gasteiger partial charge is 0.483 e. The van der Waals surface area contributed by atoms with Gasteiger partial charge in [-0.3, -0.25) is 4.79 Å². The van der Waals surface area contributed by atoms with Gasteiger partial charge in [0.1, 0.15) is 17.1 Å². The van der Waals surface area contributed by atoms with Crippen LogP contribution in [0.3, 0.4) is 0 Å². The number of nitrogens with zero attached hydrogens (tertiary/aromatic N) is 1. The smallest absolute Gasteiger partial charge is 0.260 e. The van der Waals surface area contributed by atoms with E-state index in [-0.39, 0.29) is 23.9 Å². The molecule has 0 atom stereocenters. The predicted molar refractivity (Wildman–Crippen MR) is 111 cm³/mol. The molecule has 1 aromatic heterocycles. The number of para-hydroxylation sites is 1. The number of sulfone groups is 1. The van der Waals surface area contributed by atoms with Crippen molar-refractivity contribution in [3.8, 4) is 11.5 Å². The Balaban J connectivity index is 1.30. The molecule has 0 saturated carbocycles. The van der Waals surface area contributed by atoms with E-state index in [1.165, 1.54) is 6.26 Å². The number of piperidine rings is 1. The number of benzene rings is 1. The first-order valence-electron chi connectivity index (χ1n) is 10.2. The number of fused-ring (bicyclic) bond motifs is 1. The monoisotopic (exact) mass is 433 g/mol. The second-order valence-corrected chi connectivity index (χ2v) is 10.8. The molecule has 162 valence electrons. The molecule has 0 aliphatic carbocycles. The van der Waals surface area contributed by atoms with Crippen LogP contribution >= 0.6 is 0 Å². The highest BCUT2D eigenvalue weighted by Gasteiger charge is 2.34. The lowest BCUT2D eigenvalue weighted by atomic mass is 10.0. The maximum Gasteiger partial charge on any atom is 0.260 e. The summed E-state index contributed by atoms with van der Waals surface area (Å²) in [7, 11) is -3.31. The molecule has 7 nitrogen and oxygen atoms in total. The summed E-state index contributed by atoms with van der Waals surface area (Å²) in [6.07, 6.45) is 3.12. The predicted octanol–water partition coefficient (Wildman–Crippen LogP) is 2.98. The molecule has 1 aromatic carbocycles. The van der Waals surface area contributed by atoms with E-state index in [1.54, 1.807) is 23.1 Å². The SMILES string of the molecule is CC1(C)Cc2cccc(OCC(=O)N3CCC(S(=O)(=O)Cc4ccco4)CC3)c2O1. The highest BCUT2D eigenvalue weighted by atomic mass is 32.2. The maximum absolute atomic E-state index is 12.6. The van der Waals surface area contributed by atoms with Gasteiger partial charge in [0, 0.05) is 25.1 Å². The molecule has 2 aromatic rings. The van der Waals surface area contributed by atoms with E-state index in [0.29, 0.717) is 43.2 Å². The summed E-state index contributed by atoms with van der Waals surface area (Å²) in [6.45, 7) is 4.75. The summed E-state index contributed by atoms with van der Waals surface area (Å²) in [5.41, 5.74) is 0.794. The minimum Gasteiger partial charge on any atom is -0.483 e. The van der Waals surface area contributed by atoms with Crippen LogP contribution in [0.5, 0.6) is 11.5 Å². The molecule has 0 radical (unpaired) electrons. The number of furan rings is 1. The lowest BCUT2D eigenvalue weighted by molar-refractivity contribution is -0.134. The first kappa shape index (κ1) is 20.8. The fraction of sp³-hybridized carbons (Fsp3) is 0.500. The lowest BCUT2D eigenvalue weighted by Gasteiger charge is -2.31. The number of rotatable bonds is 6. The van der Waals surface area contributed by atoms with E-state index in [1.807, 2.05) is 26.0 Å². The van der Waals surface area contributed by atoms with Gasteiger partial charge in [0.25, 0.3) is 5.91 Å². The van der Waals surface area contributed by atoms with Gasteiger partial charge in [-0.2, -0.15) is 0 Å². The zero-order valence-electron chi connectivity index (χ0n) is 17.3. The van der Waals surface area contributed by atoms with Crippen molar-refractivity contribution in [1.29, 1.82) is 0 Å². The van der Waals surface area contributed by atoms with E-state index in [9.17, 15) is 13.2 Å². The van der Waals surface area contributed by atoms with Crippen molar-refractivity contribution in [1.82, 2.24) is 4.90 Å². The molecule has 0 bridgehead atoms. The molecular weight excluding hydrogens is 406 g/mol. The first-order valence-corrected chi connectivity index (χ1v) is 11.9. The summed E-state index contributed by atoms with van der Waals surface area (Å²) in [4.78, 5) is 14.3. The normalized spacial score (nSPS) is 18.7. The molecule has 30 heavy (non-hydrogen) atoms. The van der Waals surface area contributed by atoms with Gasteiger partial charge >= 0.3 is 0 Å². The topological polar surface area (TPSA) is 86.0 Å². The van der Waals surface area contributed by atoms with Gasteiger partial charge in [-0.1, -0.05) is 12.1 Å².